The van der Waals surface area contributed by atoms with Crippen LogP contribution >= 0.6 is 15.9 Å². The molecule has 1 aromatic rings. The van der Waals surface area contributed by atoms with Crippen molar-refractivity contribution in [1.82, 2.24) is 5.32 Å². The van der Waals surface area contributed by atoms with Gasteiger partial charge in [0.15, 0.2) is 0 Å². The number of hydrogen-bond acceptors (Lipinski definition) is 3. The molecule has 104 valence electrons. The number of carboxylic acid groups (broad SMARTS) is 1. The highest BCUT2D eigenvalue weighted by Gasteiger charge is 2.25. The third kappa shape index (κ3) is 4.96. The number of rotatable bonds is 5. The average Bonchev–Trinajstić information content (AvgIpc) is 2.27. The van der Waals surface area contributed by atoms with Gasteiger partial charge in [0.2, 0.25) is 0 Å². The van der Waals surface area contributed by atoms with Gasteiger partial charge in [0.25, 0.3) is 5.91 Å². The molecule has 19 heavy (non-hydrogen) atoms. The average molecular weight is 334 g/mol. The Balaban J connectivity index is 2.70. The molecule has 0 aromatic heterocycles. The smallest absolute Gasteiger partial charge is 0.306 e. The third-order valence-electron chi connectivity index (χ3n) is 2.33. The number of aliphatic carboxylic acids is 1. The molecule has 0 saturated heterocycles. The molecular weight excluding hydrogens is 321 g/mol. The van der Waals surface area contributed by atoms with Crippen LogP contribution in [0.3, 0.4) is 0 Å². The van der Waals surface area contributed by atoms with E-state index in [1.807, 2.05) is 0 Å². The van der Waals surface area contributed by atoms with Crippen LogP contribution in [0.5, 0.6) is 0 Å². The summed E-state index contributed by atoms with van der Waals surface area (Å²) in [6.07, 6.45) is -0.502. The minimum Gasteiger partial charge on any atom is -0.481 e. The van der Waals surface area contributed by atoms with Gasteiger partial charge in [0.05, 0.1) is 17.6 Å². The topological polar surface area (TPSA) is 86.6 Å². The van der Waals surface area contributed by atoms with Gasteiger partial charge in [-0.2, -0.15) is 0 Å². The van der Waals surface area contributed by atoms with E-state index in [9.17, 15) is 19.1 Å². The zero-order chi connectivity index (χ0) is 14.6. The number of benzene rings is 1. The quantitative estimate of drug-likeness (QED) is 0.762. The normalized spacial score (nSPS) is 13.7. The lowest BCUT2D eigenvalue weighted by Gasteiger charge is -2.21. The van der Waals surface area contributed by atoms with E-state index < -0.39 is 29.7 Å². The molecule has 1 aromatic carbocycles. The molecule has 0 heterocycles. The number of carboxylic acids is 1. The highest BCUT2D eigenvalue weighted by atomic mass is 79.9. The molecule has 1 atom stereocenters. The van der Waals surface area contributed by atoms with Crippen molar-refractivity contribution < 1.29 is 24.2 Å². The maximum absolute atomic E-state index is 13.0. The standard InChI is InChI=1S/C12H13BrFNO4/c1-12(19,5-10(16)17)6-15-11(18)8-4-7(14)2-3-9(8)13/h2-4,19H,5-6H2,1H3,(H,15,18)(H,16,17). The van der Waals surface area contributed by atoms with Crippen molar-refractivity contribution in [2.24, 2.45) is 0 Å². The minimum absolute atomic E-state index is 0.0751. The Morgan fingerprint density at radius 3 is 2.68 bits per heavy atom. The Hall–Kier alpha value is -1.47. The Kier molecular flexibility index (Phi) is 5.02. The van der Waals surface area contributed by atoms with Gasteiger partial charge in [-0.05, 0) is 41.1 Å². The fourth-order valence-electron chi connectivity index (χ4n) is 1.43. The number of halogens is 2. The number of aliphatic hydroxyl groups is 1. The summed E-state index contributed by atoms with van der Waals surface area (Å²) in [5.41, 5.74) is -1.49. The monoisotopic (exact) mass is 333 g/mol. The van der Waals surface area contributed by atoms with Crippen molar-refractivity contribution in [3.05, 3.63) is 34.1 Å². The van der Waals surface area contributed by atoms with E-state index in [0.29, 0.717) is 4.47 Å². The Morgan fingerprint density at radius 2 is 2.11 bits per heavy atom. The van der Waals surface area contributed by atoms with Crippen LogP contribution in [0.4, 0.5) is 4.39 Å². The first kappa shape index (κ1) is 15.6. The molecule has 0 aliphatic carbocycles. The van der Waals surface area contributed by atoms with E-state index in [4.69, 9.17) is 5.11 Å². The van der Waals surface area contributed by atoms with Crippen LogP contribution in [0.15, 0.2) is 22.7 Å². The van der Waals surface area contributed by atoms with Gasteiger partial charge in [-0.3, -0.25) is 9.59 Å². The number of hydrogen-bond donors (Lipinski definition) is 3. The predicted molar refractivity (Wildman–Crippen MR) is 69.3 cm³/mol. The van der Waals surface area contributed by atoms with Gasteiger partial charge in [-0.15, -0.1) is 0 Å². The molecule has 0 bridgehead atoms. The fraction of sp³-hybridized carbons (Fsp3) is 0.333. The van der Waals surface area contributed by atoms with Crippen LogP contribution in [-0.2, 0) is 4.79 Å². The van der Waals surface area contributed by atoms with Crippen molar-refractivity contribution in [1.29, 1.82) is 0 Å². The van der Waals surface area contributed by atoms with E-state index in [2.05, 4.69) is 21.2 Å². The first-order valence-corrected chi connectivity index (χ1v) is 6.18. The highest BCUT2D eigenvalue weighted by molar-refractivity contribution is 9.10. The zero-order valence-electron chi connectivity index (χ0n) is 10.1. The summed E-state index contributed by atoms with van der Waals surface area (Å²) in [6, 6.07) is 3.63. The van der Waals surface area contributed by atoms with E-state index in [1.54, 1.807) is 0 Å². The van der Waals surface area contributed by atoms with Gasteiger partial charge >= 0.3 is 5.97 Å². The number of carbonyl (C=O) groups is 2. The van der Waals surface area contributed by atoms with Crippen molar-refractivity contribution >= 4 is 27.8 Å². The molecule has 1 rings (SSSR count). The van der Waals surface area contributed by atoms with Gasteiger partial charge in [0.1, 0.15) is 5.82 Å². The summed E-state index contributed by atoms with van der Waals surface area (Å²) in [5.74, 6) is -2.34. The van der Waals surface area contributed by atoms with Gasteiger partial charge in [-0.1, -0.05) is 0 Å². The Bertz CT molecular complexity index is 505. The molecule has 0 radical (unpaired) electrons. The lowest BCUT2D eigenvalue weighted by atomic mass is 10.0. The Morgan fingerprint density at radius 1 is 1.47 bits per heavy atom. The van der Waals surface area contributed by atoms with Gasteiger partial charge < -0.3 is 15.5 Å². The van der Waals surface area contributed by atoms with Gasteiger partial charge in [0, 0.05) is 11.0 Å². The molecule has 1 amide bonds. The van der Waals surface area contributed by atoms with Crippen molar-refractivity contribution in [3.8, 4) is 0 Å². The largest absolute Gasteiger partial charge is 0.481 e. The maximum atomic E-state index is 13.0. The van der Waals surface area contributed by atoms with Crippen LogP contribution < -0.4 is 5.32 Å². The summed E-state index contributed by atoms with van der Waals surface area (Å²) >= 11 is 3.11. The van der Waals surface area contributed by atoms with Crippen LogP contribution in [0.25, 0.3) is 0 Å². The lowest BCUT2D eigenvalue weighted by Crippen LogP contribution is -2.42. The molecule has 0 aliphatic rings. The molecule has 0 fully saturated rings. The van der Waals surface area contributed by atoms with Crippen LogP contribution in [-0.4, -0.2) is 34.2 Å². The van der Waals surface area contributed by atoms with Crippen molar-refractivity contribution in [2.45, 2.75) is 18.9 Å². The second-order valence-corrected chi connectivity index (χ2v) is 5.23. The summed E-state index contributed by atoms with van der Waals surface area (Å²) in [4.78, 5) is 22.3. The number of nitrogens with one attached hydrogen (secondary N) is 1. The van der Waals surface area contributed by atoms with E-state index in [-0.39, 0.29) is 12.1 Å². The molecule has 0 saturated carbocycles. The number of carbonyl (C=O) groups excluding carboxylic acids is 1. The molecule has 0 aliphatic heterocycles. The number of amides is 1. The summed E-state index contributed by atoms with van der Waals surface area (Å²) in [6.45, 7) is 1.04. The van der Waals surface area contributed by atoms with Crippen molar-refractivity contribution in [3.63, 3.8) is 0 Å². The SMILES string of the molecule is CC(O)(CNC(=O)c1cc(F)ccc1Br)CC(=O)O. The van der Waals surface area contributed by atoms with Crippen LogP contribution in [0, 0.1) is 5.82 Å². The second kappa shape index (κ2) is 6.12. The first-order chi connectivity index (χ1) is 8.71. The summed E-state index contributed by atoms with van der Waals surface area (Å²) < 4.78 is 13.4. The highest BCUT2D eigenvalue weighted by Crippen LogP contribution is 2.18. The van der Waals surface area contributed by atoms with Crippen LogP contribution in [0.1, 0.15) is 23.7 Å². The molecule has 3 N–H and O–H groups in total. The maximum Gasteiger partial charge on any atom is 0.306 e. The molecule has 0 spiro atoms. The van der Waals surface area contributed by atoms with E-state index in [0.717, 1.165) is 6.07 Å². The lowest BCUT2D eigenvalue weighted by molar-refractivity contribution is -0.141. The first-order valence-electron chi connectivity index (χ1n) is 5.39. The van der Waals surface area contributed by atoms with E-state index >= 15 is 0 Å². The van der Waals surface area contributed by atoms with E-state index in [1.165, 1.54) is 19.1 Å². The molecule has 5 nitrogen and oxygen atoms in total. The summed E-state index contributed by atoms with van der Waals surface area (Å²) in [7, 11) is 0. The molecule has 1 unspecified atom stereocenters. The van der Waals surface area contributed by atoms with Crippen LogP contribution in [0.2, 0.25) is 0 Å². The van der Waals surface area contributed by atoms with Crippen molar-refractivity contribution in [2.75, 3.05) is 6.54 Å². The second-order valence-electron chi connectivity index (χ2n) is 4.37. The fourth-order valence-corrected chi connectivity index (χ4v) is 1.85. The molecular formula is C12H13BrFNO4. The predicted octanol–water partition coefficient (Wildman–Crippen LogP) is 1.54. The van der Waals surface area contributed by atoms with Gasteiger partial charge in [-0.25, -0.2) is 4.39 Å². The molecule has 7 heteroatoms. The Labute approximate surface area is 117 Å². The third-order valence-corrected chi connectivity index (χ3v) is 3.03. The summed E-state index contributed by atoms with van der Waals surface area (Å²) in [5, 5.41) is 20.7. The minimum atomic E-state index is -1.57. The zero-order valence-corrected chi connectivity index (χ0v) is 11.7.